The van der Waals surface area contributed by atoms with Crippen molar-refractivity contribution in [2.75, 3.05) is 10.0 Å². The highest BCUT2D eigenvalue weighted by Gasteiger charge is 2.17. The summed E-state index contributed by atoms with van der Waals surface area (Å²) in [4.78, 5) is 13.3. The molecule has 4 rings (SSSR count). The van der Waals surface area contributed by atoms with Gasteiger partial charge in [-0.2, -0.15) is 0 Å². The first-order valence-corrected chi connectivity index (χ1v) is 11.7. The Morgan fingerprint density at radius 3 is 2.20 bits per heavy atom. The Morgan fingerprint density at radius 2 is 1.53 bits per heavy atom. The molecule has 2 N–H and O–H groups in total. The van der Waals surface area contributed by atoms with Crippen molar-refractivity contribution in [1.29, 1.82) is 0 Å². The minimum atomic E-state index is -3.68. The lowest BCUT2D eigenvalue weighted by molar-refractivity contribution is 0.103. The zero-order valence-corrected chi connectivity index (χ0v) is 18.2. The predicted molar refractivity (Wildman–Crippen MR) is 123 cm³/mol. The lowest BCUT2D eigenvalue weighted by Gasteiger charge is -2.10. The summed E-state index contributed by atoms with van der Waals surface area (Å²) in [5.74, 6) is -0.311. The molecule has 0 saturated carbocycles. The van der Waals surface area contributed by atoms with Crippen molar-refractivity contribution in [3.8, 4) is 0 Å². The maximum Gasteiger partial charge on any atom is 0.267 e. The van der Waals surface area contributed by atoms with Crippen LogP contribution >= 0.6 is 22.9 Å². The van der Waals surface area contributed by atoms with E-state index >= 15 is 0 Å². The number of anilines is 2. The normalized spacial score (nSPS) is 11.4. The number of aryl methyl sites for hydroxylation is 1. The monoisotopic (exact) mass is 456 g/mol. The van der Waals surface area contributed by atoms with Gasteiger partial charge in [0.1, 0.15) is 4.88 Å². The predicted octanol–water partition coefficient (Wildman–Crippen LogP) is 5.92. The van der Waals surface area contributed by atoms with Crippen molar-refractivity contribution in [3.63, 3.8) is 0 Å². The Kier molecular flexibility index (Phi) is 5.51. The largest absolute Gasteiger partial charge is 0.321 e. The maximum atomic E-state index is 12.6. The Balaban J connectivity index is 1.48. The number of rotatable bonds is 5. The van der Waals surface area contributed by atoms with Gasteiger partial charge in [0.25, 0.3) is 15.9 Å². The molecular weight excluding hydrogens is 440 g/mol. The molecule has 0 spiro atoms. The average molecular weight is 457 g/mol. The van der Waals surface area contributed by atoms with Crippen molar-refractivity contribution in [3.05, 3.63) is 88.3 Å². The quantitative estimate of drug-likeness (QED) is 0.391. The minimum absolute atomic E-state index is 0.185. The summed E-state index contributed by atoms with van der Waals surface area (Å²) >= 11 is 7.68. The minimum Gasteiger partial charge on any atom is -0.321 e. The van der Waals surface area contributed by atoms with E-state index in [2.05, 4.69) is 10.0 Å². The molecule has 0 radical (unpaired) electrons. The first kappa shape index (κ1) is 20.4. The Morgan fingerprint density at radius 1 is 0.900 bits per heavy atom. The van der Waals surface area contributed by atoms with E-state index in [0.717, 1.165) is 15.6 Å². The number of fused-ring (bicyclic) bond motifs is 1. The van der Waals surface area contributed by atoms with Crippen molar-refractivity contribution < 1.29 is 13.2 Å². The number of carbonyl (C=O) groups excluding carboxylic acids is 1. The van der Waals surface area contributed by atoms with Crippen molar-refractivity contribution >= 4 is 60.3 Å². The Labute approximate surface area is 183 Å². The number of sulfonamides is 1. The molecule has 0 aliphatic rings. The molecule has 0 unspecified atom stereocenters. The van der Waals surface area contributed by atoms with Crippen LogP contribution in [-0.2, 0) is 10.0 Å². The van der Waals surface area contributed by atoms with Gasteiger partial charge in [0, 0.05) is 21.5 Å². The summed E-state index contributed by atoms with van der Waals surface area (Å²) in [6.45, 7) is 1.89. The molecule has 5 nitrogen and oxygen atoms in total. The van der Waals surface area contributed by atoms with Gasteiger partial charge in [-0.1, -0.05) is 47.5 Å². The second-order valence-electron chi connectivity index (χ2n) is 6.69. The van der Waals surface area contributed by atoms with Crippen LogP contribution in [0.1, 0.15) is 15.2 Å². The highest BCUT2D eigenvalue weighted by Crippen LogP contribution is 2.35. The van der Waals surface area contributed by atoms with Gasteiger partial charge < -0.3 is 5.32 Å². The van der Waals surface area contributed by atoms with Crippen LogP contribution in [0.2, 0.25) is 5.02 Å². The Hall–Kier alpha value is -2.87. The molecule has 0 aliphatic heterocycles. The van der Waals surface area contributed by atoms with Crippen molar-refractivity contribution in [2.24, 2.45) is 0 Å². The van der Waals surface area contributed by atoms with Crippen LogP contribution in [0, 0.1) is 6.92 Å². The molecule has 152 valence electrons. The Bertz CT molecular complexity index is 1330. The van der Waals surface area contributed by atoms with Crippen molar-refractivity contribution in [1.82, 2.24) is 0 Å². The summed E-state index contributed by atoms with van der Waals surface area (Å²) < 4.78 is 28.5. The molecule has 0 aliphatic carbocycles. The highest BCUT2D eigenvalue weighted by molar-refractivity contribution is 7.92. The summed E-state index contributed by atoms with van der Waals surface area (Å²) in [6, 6.07) is 20.6. The van der Waals surface area contributed by atoms with E-state index in [1.165, 1.54) is 11.3 Å². The van der Waals surface area contributed by atoms with Gasteiger partial charge in [-0.3, -0.25) is 9.52 Å². The van der Waals surface area contributed by atoms with Gasteiger partial charge in [0.15, 0.2) is 0 Å². The second kappa shape index (κ2) is 8.10. The highest BCUT2D eigenvalue weighted by atomic mass is 35.5. The van der Waals surface area contributed by atoms with E-state index in [0.29, 0.717) is 21.3 Å². The van der Waals surface area contributed by atoms with Gasteiger partial charge in [0.2, 0.25) is 0 Å². The third kappa shape index (κ3) is 4.18. The number of thiophene rings is 1. The molecule has 3 aromatic carbocycles. The van der Waals surface area contributed by atoms with E-state index in [4.69, 9.17) is 11.6 Å². The fraction of sp³-hybridized carbons (Fsp3) is 0.0455. The number of benzene rings is 3. The molecule has 4 aromatic rings. The fourth-order valence-electron chi connectivity index (χ4n) is 2.90. The maximum absolute atomic E-state index is 12.6. The lowest BCUT2D eigenvalue weighted by atomic mass is 10.2. The van der Waals surface area contributed by atoms with Crippen LogP contribution in [0.3, 0.4) is 0 Å². The molecule has 0 fully saturated rings. The topological polar surface area (TPSA) is 75.3 Å². The first-order valence-electron chi connectivity index (χ1n) is 9.01. The van der Waals surface area contributed by atoms with Gasteiger partial charge in [-0.15, -0.1) is 11.3 Å². The van der Waals surface area contributed by atoms with E-state index in [1.54, 1.807) is 48.5 Å². The molecule has 0 saturated heterocycles. The summed E-state index contributed by atoms with van der Waals surface area (Å²) in [6.07, 6.45) is 0. The fourth-order valence-corrected chi connectivity index (χ4v) is 5.37. The van der Waals surface area contributed by atoms with Gasteiger partial charge >= 0.3 is 0 Å². The number of carbonyl (C=O) groups is 1. The SMILES string of the molecule is Cc1ccc(S(=O)(=O)Nc2ccc(NC(=O)c3sc4ccccc4c3Cl)cc2)cc1. The van der Waals surface area contributed by atoms with E-state index in [-0.39, 0.29) is 10.8 Å². The van der Waals surface area contributed by atoms with Crippen LogP contribution in [-0.4, -0.2) is 14.3 Å². The molecule has 0 atom stereocenters. The van der Waals surface area contributed by atoms with Gasteiger partial charge in [-0.05, 0) is 49.4 Å². The zero-order chi connectivity index (χ0) is 21.3. The molecule has 1 heterocycles. The van der Waals surface area contributed by atoms with E-state index < -0.39 is 10.0 Å². The molecule has 1 amide bonds. The summed E-state index contributed by atoms with van der Waals surface area (Å²) in [7, 11) is -3.68. The number of hydrogen-bond acceptors (Lipinski definition) is 4. The third-order valence-electron chi connectivity index (χ3n) is 4.47. The molecule has 30 heavy (non-hydrogen) atoms. The van der Waals surface area contributed by atoms with Crippen LogP contribution in [0.25, 0.3) is 10.1 Å². The van der Waals surface area contributed by atoms with Crippen LogP contribution < -0.4 is 10.0 Å². The third-order valence-corrected chi connectivity index (χ3v) is 7.54. The average Bonchev–Trinajstić information content (AvgIpc) is 3.07. The van der Waals surface area contributed by atoms with E-state index in [1.807, 2.05) is 31.2 Å². The summed E-state index contributed by atoms with van der Waals surface area (Å²) in [5.41, 5.74) is 1.91. The molecule has 8 heteroatoms. The molecular formula is C22H17ClN2O3S2. The van der Waals surface area contributed by atoms with Crippen LogP contribution in [0.15, 0.2) is 77.7 Å². The number of hydrogen-bond donors (Lipinski definition) is 2. The standard InChI is InChI=1S/C22H17ClN2O3S2/c1-14-6-12-17(13-7-14)30(27,28)25-16-10-8-15(9-11-16)24-22(26)21-20(23)18-4-2-3-5-19(18)29-21/h2-13,25H,1H3,(H,24,26). The number of amides is 1. The van der Waals surface area contributed by atoms with Gasteiger partial charge in [0.05, 0.1) is 9.92 Å². The molecule has 0 bridgehead atoms. The number of halogens is 1. The lowest BCUT2D eigenvalue weighted by Crippen LogP contribution is -2.13. The first-order chi connectivity index (χ1) is 14.3. The zero-order valence-electron chi connectivity index (χ0n) is 15.8. The van der Waals surface area contributed by atoms with Crippen LogP contribution in [0.5, 0.6) is 0 Å². The van der Waals surface area contributed by atoms with Gasteiger partial charge in [-0.25, -0.2) is 8.42 Å². The second-order valence-corrected chi connectivity index (χ2v) is 9.80. The number of nitrogens with one attached hydrogen (secondary N) is 2. The van der Waals surface area contributed by atoms with Crippen LogP contribution in [0.4, 0.5) is 11.4 Å². The summed E-state index contributed by atoms with van der Waals surface area (Å²) in [5, 5.41) is 4.07. The van der Waals surface area contributed by atoms with Crippen molar-refractivity contribution in [2.45, 2.75) is 11.8 Å². The molecule has 1 aromatic heterocycles. The smallest absolute Gasteiger partial charge is 0.267 e. The van der Waals surface area contributed by atoms with E-state index in [9.17, 15) is 13.2 Å².